The van der Waals surface area contributed by atoms with E-state index in [4.69, 9.17) is 9.26 Å². The first-order chi connectivity index (χ1) is 12.7. The molecule has 5 rings (SSSR count). The third-order valence-electron chi connectivity index (χ3n) is 6.86. The maximum atomic E-state index is 12.7. The summed E-state index contributed by atoms with van der Waals surface area (Å²) in [5, 5.41) is 7.24. The number of hydrogen-bond donors (Lipinski definition) is 1. The minimum Gasteiger partial charge on any atom is -0.496 e. The molecule has 5 nitrogen and oxygen atoms in total. The van der Waals surface area contributed by atoms with Crippen molar-refractivity contribution in [1.29, 1.82) is 0 Å². The molecule has 1 amide bonds. The molecule has 0 aliphatic heterocycles. The van der Waals surface area contributed by atoms with Gasteiger partial charge in [-0.05, 0) is 61.5 Å². The number of hydrogen-bond acceptors (Lipinski definition) is 4. The topological polar surface area (TPSA) is 64.4 Å². The molecule has 1 N–H and O–H groups in total. The van der Waals surface area contributed by atoms with Crippen LogP contribution in [0.15, 0.2) is 34.9 Å². The molecule has 3 aliphatic carbocycles. The van der Waals surface area contributed by atoms with Crippen molar-refractivity contribution < 1.29 is 14.1 Å². The predicted molar refractivity (Wildman–Crippen MR) is 96.8 cm³/mol. The number of benzene rings is 1. The number of rotatable bonds is 4. The van der Waals surface area contributed by atoms with E-state index in [0.717, 1.165) is 29.7 Å². The Morgan fingerprint density at radius 1 is 1.19 bits per heavy atom. The molecule has 1 aromatic carbocycles. The minimum atomic E-state index is -0.123. The van der Waals surface area contributed by atoms with Gasteiger partial charge >= 0.3 is 0 Å². The third kappa shape index (κ3) is 2.44. The molecule has 0 unspecified atom stereocenters. The van der Waals surface area contributed by atoms with Crippen LogP contribution in [0.1, 0.15) is 42.6 Å². The Morgan fingerprint density at radius 3 is 2.92 bits per heavy atom. The highest BCUT2D eigenvalue weighted by molar-refractivity contribution is 5.93. The Bertz CT molecular complexity index is 830. The highest BCUT2D eigenvalue weighted by atomic mass is 16.5. The number of nitrogens with zero attached hydrogens (tertiary/aromatic N) is 1. The van der Waals surface area contributed by atoms with E-state index < -0.39 is 0 Å². The Morgan fingerprint density at radius 2 is 2.04 bits per heavy atom. The lowest BCUT2D eigenvalue weighted by Crippen LogP contribution is -2.42. The maximum absolute atomic E-state index is 12.7. The molecule has 136 valence electrons. The quantitative estimate of drug-likeness (QED) is 0.906. The van der Waals surface area contributed by atoms with Gasteiger partial charge in [0, 0.05) is 12.1 Å². The fourth-order valence-corrected chi connectivity index (χ4v) is 5.83. The molecule has 26 heavy (non-hydrogen) atoms. The normalized spacial score (nSPS) is 31.8. The average molecular weight is 352 g/mol. The van der Waals surface area contributed by atoms with E-state index in [1.165, 1.54) is 25.7 Å². The molecule has 0 radical (unpaired) electrons. The number of para-hydroxylation sites is 1. The lowest BCUT2D eigenvalue weighted by atomic mass is 9.79. The van der Waals surface area contributed by atoms with Crippen molar-refractivity contribution in [2.45, 2.75) is 38.1 Å². The van der Waals surface area contributed by atoms with Crippen molar-refractivity contribution in [2.24, 2.45) is 23.7 Å². The number of methoxy groups -OCH3 is 1. The fraction of sp³-hybridized carbons (Fsp3) is 0.524. The molecular weight excluding hydrogens is 328 g/mol. The van der Waals surface area contributed by atoms with Crippen LogP contribution < -0.4 is 10.1 Å². The molecule has 3 fully saturated rings. The number of nitrogens with one attached hydrogen (secondary N) is 1. The summed E-state index contributed by atoms with van der Waals surface area (Å²) < 4.78 is 10.8. The number of fused-ring (bicyclic) bond motifs is 5. The maximum Gasteiger partial charge on any atom is 0.273 e. The molecule has 3 saturated carbocycles. The van der Waals surface area contributed by atoms with Gasteiger partial charge in [0.1, 0.15) is 5.75 Å². The molecule has 5 heteroatoms. The van der Waals surface area contributed by atoms with Crippen molar-refractivity contribution in [3.63, 3.8) is 0 Å². The van der Waals surface area contributed by atoms with Gasteiger partial charge in [-0.15, -0.1) is 0 Å². The molecule has 0 saturated heterocycles. The first kappa shape index (κ1) is 15.9. The van der Waals surface area contributed by atoms with Crippen LogP contribution in [-0.4, -0.2) is 24.2 Å². The largest absolute Gasteiger partial charge is 0.496 e. The highest BCUT2D eigenvalue weighted by Gasteiger charge is 2.54. The number of aromatic nitrogens is 1. The van der Waals surface area contributed by atoms with Crippen LogP contribution >= 0.6 is 0 Å². The van der Waals surface area contributed by atoms with E-state index in [2.05, 4.69) is 10.5 Å². The minimum absolute atomic E-state index is 0.123. The van der Waals surface area contributed by atoms with Gasteiger partial charge in [-0.2, -0.15) is 0 Å². The van der Waals surface area contributed by atoms with Crippen molar-refractivity contribution in [1.82, 2.24) is 10.5 Å². The summed E-state index contributed by atoms with van der Waals surface area (Å²) in [6.45, 7) is 0. The van der Waals surface area contributed by atoms with Gasteiger partial charge in [-0.1, -0.05) is 23.7 Å². The monoisotopic (exact) mass is 352 g/mol. The Hall–Kier alpha value is -2.30. The molecule has 5 atom stereocenters. The van der Waals surface area contributed by atoms with Crippen molar-refractivity contribution >= 4 is 5.91 Å². The average Bonchev–Trinajstić information content (AvgIpc) is 3.42. The molecule has 1 heterocycles. The van der Waals surface area contributed by atoms with E-state index in [1.807, 2.05) is 24.3 Å². The van der Waals surface area contributed by atoms with Crippen LogP contribution in [0, 0.1) is 23.7 Å². The van der Waals surface area contributed by atoms with Crippen LogP contribution in [0.5, 0.6) is 5.75 Å². The SMILES string of the molecule is COc1ccccc1-c1cc(C(=O)N[C@@H]2C[C@H]3C[C@H]2[C@@H]2CCC[C@@H]32)no1. The molecule has 3 aliphatic rings. The van der Waals surface area contributed by atoms with E-state index in [0.29, 0.717) is 29.2 Å². The van der Waals surface area contributed by atoms with Gasteiger partial charge in [-0.3, -0.25) is 4.79 Å². The summed E-state index contributed by atoms with van der Waals surface area (Å²) >= 11 is 0. The zero-order chi connectivity index (χ0) is 17.7. The smallest absolute Gasteiger partial charge is 0.273 e. The molecule has 0 spiro atoms. The van der Waals surface area contributed by atoms with Gasteiger partial charge in [0.2, 0.25) is 0 Å². The Balaban J connectivity index is 1.31. The summed E-state index contributed by atoms with van der Waals surface area (Å²) in [7, 11) is 1.62. The zero-order valence-electron chi connectivity index (χ0n) is 15.0. The van der Waals surface area contributed by atoms with Gasteiger partial charge in [0.05, 0.1) is 12.7 Å². The number of carbonyl (C=O) groups is 1. The van der Waals surface area contributed by atoms with Crippen molar-refractivity contribution in [3.05, 3.63) is 36.0 Å². The summed E-state index contributed by atoms with van der Waals surface area (Å²) in [4.78, 5) is 12.7. The molecular formula is C21H24N2O3. The standard InChI is InChI=1S/C21H24N2O3/c1-25-19-8-3-2-5-15(19)20-11-18(23-26-20)21(24)22-17-10-12-9-16(17)14-7-4-6-13(12)14/h2-3,5,8,11-14,16-17H,4,6-7,9-10H2,1H3,(H,22,24)/t12-,13+,14-,16+,17-/m1/s1. The van der Waals surface area contributed by atoms with E-state index in [9.17, 15) is 4.79 Å². The lowest BCUT2D eigenvalue weighted by molar-refractivity contribution is 0.0892. The number of ether oxygens (including phenoxy) is 1. The van der Waals surface area contributed by atoms with Crippen molar-refractivity contribution in [3.8, 4) is 17.1 Å². The van der Waals surface area contributed by atoms with Gasteiger partial charge in [-0.25, -0.2) is 0 Å². The molecule has 1 aromatic heterocycles. The Labute approximate surface area is 153 Å². The molecule has 2 bridgehead atoms. The van der Waals surface area contributed by atoms with E-state index in [-0.39, 0.29) is 5.91 Å². The number of carbonyl (C=O) groups excluding carboxylic acids is 1. The summed E-state index contributed by atoms with van der Waals surface area (Å²) in [5.41, 5.74) is 1.15. The summed E-state index contributed by atoms with van der Waals surface area (Å²) in [5.74, 6) is 4.38. The van der Waals surface area contributed by atoms with Gasteiger partial charge in [0.15, 0.2) is 11.5 Å². The van der Waals surface area contributed by atoms with E-state index in [1.54, 1.807) is 13.2 Å². The lowest BCUT2D eigenvalue weighted by Gasteiger charge is -2.31. The van der Waals surface area contributed by atoms with Crippen LogP contribution in [-0.2, 0) is 0 Å². The first-order valence-corrected chi connectivity index (χ1v) is 9.65. The second-order valence-corrected chi connectivity index (χ2v) is 8.01. The van der Waals surface area contributed by atoms with Gasteiger partial charge in [0.25, 0.3) is 5.91 Å². The van der Waals surface area contributed by atoms with Crippen LogP contribution in [0.2, 0.25) is 0 Å². The zero-order valence-corrected chi connectivity index (χ0v) is 15.0. The summed E-state index contributed by atoms with van der Waals surface area (Å²) in [6, 6.07) is 9.59. The second kappa shape index (κ2) is 6.15. The Kier molecular flexibility index (Phi) is 3.76. The fourth-order valence-electron chi connectivity index (χ4n) is 5.83. The van der Waals surface area contributed by atoms with Crippen LogP contribution in [0.25, 0.3) is 11.3 Å². The first-order valence-electron chi connectivity index (χ1n) is 9.65. The second-order valence-electron chi connectivity index (χ2n) is 8.01. The molecule has 2 aromatic rings. The highest BCUT2D eigenvalue weighted by Crippen LogP contribution is 2.58. The summed E-state index contributed by atoms with van der Waals surface area (Å²) in [6.07, 6.45) is 6.55. The third-order valence-corrected chi connectivity index (χ3v) is 6.86. The van der Waals surface area contributed by atoms with Crippen LogP contribution in [0.3, 0.4) is 0 Å². The van der Waals surface area contributed by atoms with Crippen molar-refractivity contribution in [2.75, 3.05) is 7.11 Å². The van der Waals surface area contributed by atoms with Crippen LogP contribution in [0.4, 0.5) is 0 Å². The van der Waals surface area contributed by atoms with E-state index >= 15 is 0 Å². The number of amides is 1. The van der Waals surface area contributed by atoms with Gasteiger partial charge < -0.3 is 14.6 Å². The predicted octanol–water partition coefficient (Wildman–Crippen LogP) is 3.90.